The summed E-state index contributed by atoms with van der Waals surface area (Å²) in [7, 11) is 0. The zero-order chi connectivity index (χ0) is 18.4. The third kappa shape index (κ3) is 5.06. The lowest BCUT2D eigenvalue weighted by Crippen LogP contribution is -2.51. The van der Waals surface area contributed by atoms with E-state index in [4.69, 9.17) is 10.5 Å². The predicted molar refractivity (Wildman–Crippen MR) is 100 cm³/mol. The summed E-state index contributed by atoms with van der Waals surface area (Å²) in [5, 5.41) is 13.0. The van der Waals surface area contributed by atoms with Gasteiger partial charge in [0.25, 0.3) is 0 Å². The minimum Gasteiger partial charge on any atom is -0.491 e. The molecule has 3 rings (SSSR count). The first kappa shape index (κ1) is 18.4. The number of aliphatic hydroxyl groups excluding tert-OH is 1. The Morgan fingerprint density at radius 3 is 2.69 bits per heavy atom. The number of anilines is 1. The van der Waals surface area contributed by atoms with Gasteiger partial charge in [-0.1, -0.05) is 0 Å². The molecule has 7 nitrogen and oxygen atoms in total. The first-order valence-electron chi connectivity index (χ1n) is 8.37. The van der Waals surface area contributed by atoms with Crippen LogP contribution in [-0.4, -0.2) is 66.4 Å². The van der Waals surface area contributed by atoms with Gasteiger partial charge in [0.05, 0.1) is 6.54 Å². The van der Waals surface area contributed by atoms with Crippen molar-refractivity contribution in [3.05, 3.63) is 41.7 Å². The number of halogens is 1. The number of ether oxygens (including phenoxy) is 1. The molecule has 1 saturated heterocycles. The van der Waals surface area contributed by atoms with E-state index in [1.54, 1.807) is 17.5 Å². The number of nitrogens with zero attached hydrogens (tertiary/aromatic N) is 4. The monoisotopic (exact) mass is 379 g/mol. The summed E-state index contributed by atoms with van der Waals surface area (Å²) >= 11 is 1.62. The van der Waals surface area contributed by atoms with Crippen LogP contribution < -0.4 is 15.4 Å². The van der Waals surface area contributed by atoms with Crippen LogP contribution in [0, 0.1) is 5.82 Å². The number of piperazine rings is 1. The lowest BCUT2D eigenvalue weighted by atomic mass is 10.3. The van der Waals surface area contributed by atoms with E-state index >= 15 is 0 Å². The van der Waals surface area contributed by atoms with Crippen molar-refractivity contribution < 1.29 is 14.2 Å². The molecule has 1 aliphatic rings. The number of nitrogens with two attached hydrogens (primary N) is 1. The number of thiazole rings is 1. The standard InChI is InChI=1S/C17H22FN5O2S/c18-13-1-3-15(4-2-13)25-12-14(24)11-21-16(19)22-6-8-23(9-7-22)17-20-5-10-26-17/h1-5,10,14,24H,6-9,11-12H2,(H2,19,21). The summed E-state index contributed by atoms with van der Waals surface area (Å²) < 4.78 is 18.2. The highest BCUT2D eigenvalue weighted by Crippen LogP contribution is 2.18. The normalized spacial score (nSPS) is 16.6. The predicted octanol–water partition coefficient (Wildman–Crippen LogP) is 1.16. The highest BCUT2D eigenvalue weighted by Gasteiger charge is 2.20. The SMILES string of the molecule is NC(=NCC(O)COc1ccc(F)cc1)N1CCN(c2nccs2)CC1. The average Bonchev–Trinajstić information content (AvgIpc) is 3.20. The van der Waals surface area contributed by atoms with Gasteiger partial charge < -0.3 is 25.4 Å². The van der Waals surface area contributed by atoms with E-state index in [2.05, 4.69) is 14.9 Å². The zero-order valence-corrected chi connectivity index (χ0v) is 15.1. The maximum atomic E-state index is 12.8. The van der Waals surface area contributed by atoms with Gasteiger partial charge in [0.1, 0.15) is 24.3 Å². The van der Waals surface area contributed by atoms with Gasteiger partial charge in [0, 0.05) is 37.8 Å². The molecule has 1 atom stereocenters. The molecule has 0 spiro atoms. The Morgan fingerprint density at radius 1 is 1.31 bits per heavy atom. The maximum Gasteiger partial charge on any atom is 0.191 e. The van der Waals surface area contributed by atoms with Crippen LogP contribution in [0.15, 0.2) is 40.8 Å². The number of aromatic nitrogens is 1. The Hall–Kier alpha value is -2.39. The number of hydrogen-bond acceptors (Lipinski definition) is 6. The molecule has 1 fully saturated rings. The molecule has 0 bridgehead atoms. The zero-order valence-electron chi connectivity index (χ0n) is 14.3. The van der Waals surface area contributed by atoms with E-state index in [1.807, 2.05) is 10.3 Å². The van der Waals surface area contributed by atoms with E-state index in [1.165, 1.54) is 24.3 Å². The Bertz CT molecular complexity index is 702. The van der Waals surface area contributed by atoms with E-state index in [-0.39, 0.29) is 19.0 Å². The molecule has 2 heterocycles. The second-order valence-corrected chi connectivity index (χ2v) is 6.78. The second kappa shape index (κ2) is 8.81. The fourth-order valence-electron chi connectivity index (χ4n) is 2.57. The third-order valence-corrected chi connectivity index (χ3v) is 4.85. The van der Waals surface area contributed by atoms with E-state index in [0.717, 1.165) is 31.3 Å². The van der Waals surface area contributed by atoms with Crippen molar-refractivity contribution in [3.63, 3.8) is 0 Å². The van der Waals surface area contributed by atoms with Gasteiger partial charge in [0.2, 0.25) is 0 Å². The first-order chi connectivity index (χ1) is 12.6. The topological polar surface area (TPSA) is 87.2 Å². The molecule has 0 aliphatic carbocycles. The molecule has 0 amide bonds. The summed E-state index contributed by atoms with van der Waals surface area (Å²) in [6.07, 6.45) is 1.02. The number of guanidine groups is 1. The highest BCUT2D eigenvalue weighted by molar-refractivity contribution is 7.13. The molecule has 140 valence electrons. The van der Waals surface area contributed by atoms with Gasteiger partial charge in [-0.05, 0) is 24.3 Å². The van der Waals surface area contributed by atoms with Crippen LogP contribution in [-0.2, 0) is 0 Å². The molecule has 1 aromatic heterocycles. The van der Waals surface area contributed by atoms with Crippen molar-refractivity contribution in [2.24, 2.45) is 10.7 Å². The fraction of sp³-hybridized carbons (Fsp3) is 0.412. The van der Waals surface area contributed by atoms with Gasteiger partial charge >= 0.3 is 0 Å². The Labute approximate surface area is 155 Å². The number of hydrogen-bond donors (Lipinski definition) is 2. The van der Waals surface area contributed by atoms with Crippen LogP contribution >= 0.6 is 11.3 Å². The van der Waals surface area contributed by atoms with Gasteiger partial charge in [-0.2, -0.15) is 0 Å². The second-order valence-electron chi connectivity index (χ2n) is 5.91. The molecule has 9 heteroatoms. The molecule has 2 aromatic rings. The third-order valence-electron chi connectivity index (χ3n) is 4.01. The Balaban J connectivity index is 1.41. The fourth-order valence-corrected chi connectivity index (χ4v) is 3.27. The molecular formula is C17H22FN5O2S. The Morgan fingerprint density at radius 2 is 2.04 bits per heavy atom. The number of benzene rings is 1. The van der Waals surface area contributed by atoms with E-state index in [9.17, 15) is 9.50 Å². The summed E-state index contributed by atoms with van der Waals surface area (Å²) in [5.74, 6) is 0.593. The van der Waals surface area contributed by atoms with Crippen molar-refractivity contribution in [1.29, 1.82) is 0 Å². The molecule has 1 aliphatic heterocycles. The lowest BCUT2D eigenvalue weighted by molar-refractivity contribution is 0.114. The van der Waals surface area contributed by atoms with Gasteiger partial charge in [-0.25, -0.2) is 9.37 Å². The van der Waals surface area contributed by atoms with Crippen LogP contribution in [0.4, 0.5) is 9.52 Å². The molecule has 26 heavy (non-hydrogen) atoms. The molecule has 1 unspecified atom stereocenters. The largest absolute Gasteiger partial charge is 0.491 e. The first-order valence-corrected chi connectivity index (χ1v) is 9.25. The minimum atomic E-state index is -0.782. The maximum absolute atomic E-state index is 12.8. The van der Waals surface area contributed by atoms with E-state index < -0.39 is 6.10 Å². The van der Waals surface area contributed by atoms with E-state index in [0.29, 0.717) is 11.7 Å². The van der Waals surface area contributed by atoms with Gasteiger partial charge in [0.15, 0.2) is 11.1 Å². The van der Waals surface area contributed by atoms with Crippen molar-refractivity contribution in [2.45, 2.75) is 6.10 Å². The molecule has 1 aromatic carbocycles. The lowest BCUT2D eigenvalue weighted by Gasteiger charge is -2.35. The Kier molecular flexibility index (Phi) is 6.24. The van der Waals surface area contributed by atoms with Gasteiger partial charge in [-0.3, -0.25) is 4.99 Å². The van der Waals surface area contributed by atoms with Gasteiger partial charge in [-0.15, -0.1) is 11.3 Å². The smallest absolute Gasteiger partial charge is 0.191 e. The average molecular weight is 379 g/mol. The van der Waals surface area contributed by atoms with Crippen LogP contribution in [0.1, 0.15) is 0 Å². The van der Waals surface area contributed by atoms with Crippen molar-refractivity contribution >= 4 is 22.4 Å². The molecule has 3 N–H and O–H groups in total. The summed E-state index contributed by atoms with van der Waals surface area (Å²) in [5.41, 5.74) is 6.04. The molecular weight excluding hydrogens is 357 g/mol. The molecule has 0 radical (unpaired) electrons. The van der Waals surface area contributed by atoms with Crippen LogP contribution in [0.3, 0.4) is 0 Å². The number of rotatable bonds is 6. The van der Waals surface area contributed by atoms with Crippen LogP contribution in [0.2, 0.25) is 0 Å². The minimum absolute atomic E-state index is 0.0697. The van der Waals surface area contributed by atoms with Crippen LogP contribution in [0.5, 0.6) is 5.75 Å². The summed E-state index contributed by atoms with van der Waals surface area (Å²) in [6, 6.07) is 5.65. The van der Waals surface area contributed by atoms with Crippen molar-refractivity contribution in [2.75, 3.05) is 44.2 Å². The summed E-state index contributed by atoms with van der Waals surface area (Å²) in [4.78, 5) is 12.8. The number of aliphatic imine (C=N–C) groups is 1. The molecule has 0 saturated carbocycles. The quantitative estimate of drug-likeness (QED) is 0.579. The van der Waals surface area contributed by atoms with Crippen molar-refractivity contribution in [1.82, 2.24) is 9.88 Å². The number of aliphatic hydroxyl groups is 1. The van der Waals surface area contributed by atoms with Crippen LogP contribution in [0.25, 0.3) is 0 Å². The van der Waals surface area contributed by atoms with Crippen molar-refractivity contribution in [3.8, 4) is 5.75 Å². The highest BCUT2D eigenvalue weighted by atomic mass is 32.1. The summed E-state index contributed by atoms with van der Waals surface area (Å²) in [6.45, 7) is 3.41.